The van der Waals surface area contributed by atoms with Gasteiger partial charge >= 0.3 is 6.09 Å². The summed E-state index contributed by atoms with van der Waals surface area (Å²) in [5.74, 6) is 0.799. The number of hydrogen-bond acceptors (Lipinski definition) is 8. The zero-order valence-electron chi connectivity index (χ0n) is 21.4. The van der Waals surface area contributed by atoms with E-state index in [0.717, 1.165) is 31.5 Å². The number of benzene rings is 2. The smallest absolute Gasteiger partial charge is 0.428 e. The number of hydrogen-bond donors (Lipinski definition) is 4. The lowest BCUT2D eigenvalue weighted by Gasteiger charge is -2.33. The average Bonchev–Trinajstić information content (AvgIpc) is 2.90. The standard InChI is InChI=1S/C27H40N4O5/c1-3-31(4-2)36-27(34)30-17-14-23(15-18-30)29-22-7-5-21(6-8-22)13-16-28-19-25(33)20-35-26-11-9-24(32)10-12-26/h5-12,23,25,28-29,32-33H,3-4,13-20H2,1-2H3. The molecule has 0 aromatic heterocycles. The SMILES string of the molecule is CCN(CC)OC(=O)N1CCC(Nc2ccc(CCNCC(O)COc3ccc(O)cc3)cc2)CC1. The van der Waals surface area contributed by atoms with Crippen LogP contribution >= 0.6 is 0 Å². The van der Waals surface area contributed by atoms with Crippen molar-refractivity contribution in [3.05, 3.63) is 54.1 Å². The Morgan fingerprint density at radius 2 is 1.75 bits per heavy atom. The molecule has 36 heavy (non-hydrogen) atoms. The lowest BCUT2D eigenvalue weighted by molar-refractivity contribution is -0.106. The number of hydroxylamine groups is 2. The summed E-state index contributed by atoms with van der Waals surface area (Å²) >= 11 is 0. The number of aliphatic hydroxyl groups excluding tert-OH is 1. The predicted octanol–water partition coefficient (Wildman–Crippen LogP) is 3.23. The Labute approximate surface area is 214 Å². The van der Waals surface area contributed by atoms with Gasteiger partial charge in [0.2, 0.25) is 0 Å². The normalized spacial score (nSPS) is 15.1. The first-order chi connectivity index (χ1) is 17.5. The maximum atomic E-state index is 12.3. The minimum atomic E-state index is -0.615. The molecule has 198 valence electrons. The maximum Gasteiger partial charge on any atom is 0.428 e. The van der Waals surface area contributed by atoms with Crippen LogP contribution in [-0.4, -0.2) is 84.3 Å². The number of aromatic hydroxyl groups is 1. The van der Waals surface area contributed by atoms with Gasteiger partial charge in [0.25, 0.3) is 0 Å². The number of aliphatic hydroxyl groups is 1. The molecule has 0 radical (unpaired) electrons. The van der Waals surface area contributed by atoms with E-state index in [0.29, 0.717) is 44.5 Å². The fraction of sp³-hybridized carbons (Fsp3) is 0.519. The molecule has 1 unspecified atom stereocenters. The molecule has 2 aromatic rings. The van der Waals surface area contributed by atoms with E-state index in [1.807, 2.05) is 13.8 Å². The molecule has 9 nitrogen and oxygen atoms in total. The van der Waals surface area contributed by atoms with Crippen LogP contribution in [0.15, 0.2) is 48.5 Å². The van der Waals surface area contributed by atoms with Gasteiger partial charge in [0, 0.05) is 44.5 Å². The third-order valence-corrected chi connectivity index (χ3v) is 6.24. The lowest BCUT2D eigenvalue weighted by atomic mass is 10.0. The Hall–Kier alpha value is -3.01. The van der Waals surface area contributed by atoms with E-state index in [4.69, 9.17) is 9.57 Å². The summed E-state index contributed by atoms with van der Waals surface area (Å²) in [5.41, 5.74) is 2.30. The molecule has 0 bridgehead atoms. The van der Waals surface area contributed by atoms with Crippen molar-refractivity contribution in [2.24, 2.45) is 0 Å². The first-order valence-corrected chi connectivity index (χ1v) is 12.8. The molecular weight excluding hydrogens is 460 g/mol. The topological polar surface area (TPSA) is 107 Å². The number of phenols is 1. The van der Waals surface area contributed by atoms with E-state index >= 15 is 0 Å². The molecule has 0 aliphatic carbocycles. The van der Waals surface area contributed by atoms with E-state index < -0.39 is 6.10 Å². The number of nitrogens with one attached hydrogen (secondary N) is 2. The van der Waals surface area contributed by atoms with Crippen molar-refractivity contribution in [2.45, 2.75) is 45.3 Å². The fourth-order valence-electron chi connectivity index (χ4n) is 4.03. The summed E-state index contributed by atoms with van der Waals surface area (Å²) in [4.78, 5) is 19.5. The van der Waals surface area contributed by atoms with Gasteiger partial charge < -0.3 is 35.3 Å². The van der Waals surface area contributed by atoms with Crippen molar-refractivity contribution >= 4 is 11.8 Å². The maximum absolute atomic E-state index is 12.3. The van der Waals surface area contributed by atoms with Crippen molar-refractivity contribution in [3.63, 3.8) is 0 Å². The van der Waals surface area contributed by atoms with Crippen LogP contribution in [0.3, 0.4) is 0 Å². The highest BCUT2D eigenvalue weighted by Crippen LogP contribution is 2.19. The van der Waals surface area contributed by atoms with E-state index in [-0.39, 0.29) is 18.4 Å². The van der Waals surface area contributed by atoms with E-state index in [2.05, 4.69) is 34.9 Å². The Balaban J connectivity index is 1.29. The van der Waals surface area contributed by atoms with Crippen LogP contribution in [0.1, 0.15) is 32.3 Å². The number of likely N-dealkylation sites (tertiary alicyclic amines) is 1. The summed E-state index contributed by atoms with van der Waals surface area (Å²) in [6, 6.07) is 15.2. The minimum Gasteiger partial charge on any atom is -0.508 e. The number of rotatable bonds is 13. The molecule has 2 aromatic carbocycles. The van der Waals surface area contributed by atoms with Crippen LogP contribution < -0.4 is 15.4 Å². The predicted molar refractivity (Wildman–Crippen MR) is 140 cm³/mol. The first-order valence-electron chi connectivity index (χ1n) is 12.8. The van der Waals surface area contributed by atoms with Crippen molar-refractivity contribution < 1.29 is 24.6 Å². The second kappa shape index (κ2) is 14.5. The fourth-order valence-corrected chi connectivity index (χ4v) is 4.03. The van der Waals surface area contributed by atoms with Crippen LogP contribution in [0.2, 0.25) is 0 Å². The highest BCUT2D eigenvalue weighted by atomic mass is 16.7. The van der Waals surface area contributed by atoms with Gasteiger partial charge in [-0.3, -0.25) is 0 Å². The summed E-state index contributed by atoms with van der Waals surface area (Å²) in [5, 5.41) is 27.9. The minimum absolute atomic E-state index is 0.184. The molecule has 0 spiro atoms. The molecule has 1 aliphatic rings. The Morgan fingerprint density at radius 3 is 2.39 bits per heavy atom. The lowest BCUT2D eigenvalue weighted by Crippen LogP contribution is -2.44. The van der Waals surface area contributed by atoms with Crippen LogP contribution in [0.5, 0.6) is 11.5 Å². The first kappa shape index (κ1) is 27.6. The zero-order chi connectivity index (χ0) is 25.8. The molecule has 4 N–H and O–H groups in total. The van der Waals surface area contributed by atoms with E-state index in [1.54, 1.807) is 34.2 Å². The highest BCUT2D eigenvalue weighted by molar-refractivity contribution is 5.67. The summed E-state index contributed by atoms with van der Waals surface area (Å²) < 4.78 is 5.52. The molecule has 3 rings (SSSR count). The summed E-state index contributed by atoms with van der Waals surface area (Å²) in [7, 11) is 0. The average molecular weight is 501 g/mol. The number of carbonyl (C=O) groups is 1. The number of anilines is 1. The summed E-state index contributed by atoms with van der Waals surface area (Å²) in [6.45, 7) is 8.07. The highest BCUT2D eigenvalue weighted by Gasteiger charge is 2.25. The van der Waals surface area contributed by atoms with Crippen LogP contribution in [-0.2, 0) is 11.3 Å². The van der Waals surface area contributed by atoms with Crippen molar-refractivity contribution in [2.75, 3.05) is 51.2 Å². The van der Waals surface area contributed by atoms with Crippen LogP contribution in [0.25, 0.3) is 0 Å². The van der Waals surface area contributed by atoms with Crippen LogP contribution in [0.4, 0.5) is 10.5 Å². The summed E-state index contributed by atoms with van der Waals surface area (Å²) in [6.07, 6.45) is 1.76. The number of piperidine rings is 1. The number of phenolic OH excluding ortho intramolecular Hbond substituents is 1. The van der Waals surface area contributed by atoms with Crippen LogP contribution in [0, 0.1) is 0 Å². The van der Waals surface area contributed by atoms with Gasteiger partial charge in [0.05, 0.1) is 0 Å². The Morgan fingerprint density at radius 1 is 1.08 bits per heavy atom. The van der Waals surface area contributed by atoms with Gasteiger partial charge in [-0.05, 0) is 81.6 Å². The van der Waals surface area contributed by atoms with Gasteiger partial charge in [-0.15, -0.1) is 5.06 Å². The Kier molecular flexibility index (Phi) is 11.1. The molecule has 9 heteroatoms. The monoisotopic (exact) mass is 500 g/mol. The van der Waals surface area contributed by atoms with Gasteiger partial charge in [-0.2, -0.15) is 0 Å². The number of ether oxygens (including phenoxy) is 1. The van der Waals surface area contributed by atoms with Gasteiger partial charge in [0.15, 0.2) is 0 Å². The second-order valence-electron chi connectivity index (χ2n) is 8.99. The molecule has 1 fully saturated rings. The van der Waals surface area contributed by atoms with Gasteiger partial charge in [0.1, 0.15) is 24.2 Å². The molecule has 1 amide bonds. The third kappa shape index (κ3) is 9.22. The second-order valence-corrected chi connectivity index (χ2v) is 8.99. The largest absolute Gasteiger partial charge is 0.508 e. The van der Waals surface area contributed by atoms with E-state index in [9.17, 15) is 15.0 Å². The molecular formula is C27H40N4O5. The number of nitrogens with zero attached hydrogens (tertiary/aromatic N) is 2. The molecule has 1 heterocycles. The number of amides is 1. The molecule has 1 aliphatic heterocycles. The molecule has 1 atom stereocenters. The Bertz CT molecular complexity index is 897. The molecule has 0 saturated carbocycles. The zero-order valence-corrected chi connectivity index (χ0v) is 21.4. The molecule has 1 saturated heterocycles. The third-order valence-electron chi connectivity index (χ3n) is 6.24. The van der Waals surface area contributed by atoms with Crippen molar-refractivity contribution in [1.82, 2.24) is 15.3 Å². The quantitative estimate of drug-likeness (QED) is 0.245. The van der Waals surface area contributed by atoms with Crippen molar-refractivity contribution in [1.29, 1.82) is 0 Å². The number of carbonyl (C=O) groups excluding carboxylic acids is 1. The van der Waals surface area contributed by atoms with Gasteiger partial charge in [-0.1, -0.05) is 12.1 Å². The van der Waals surface area contributed by atoms with Crippen molar-refractivity contribution in [3.8, 4) is 11.5 Å². The van der Waals surface area contributed by atoms with E-state index in [1.165, 1.54) is 5.56 Å². The van der Waals surface area contributed by atoms with Gasteiger partial charge in [-0.25, -0.2) is 4.79 Å².